The van der Waals surface area contributed by atoms with Crippen LogP contribution in [-0.4, -0.2) is 33.8 Å². The third-order valence-electron chi connectivity index (χ3n) is 5.93. The number of aryl methyl sites for hydroxylation is 1. The first-order chi connectivity index (χ1) is 14.1. The summed E-state index contributed by atoms with van der Waals surface area (Å²) in [6.45, 7) is 3.76. The number of hydrogen-bond acceptors (Lipinski definition) is 3. The van der Waals surface area contributed by atoms with Crippen molar-refractivity contribution in [3.63, 3.8) is 0 Å². The lowest BCUT2D eigenvalue weighted by molar-refractivity contribution is -0.384. The summed E-state index contributed by atoms with van der Waals surface area (Å²) < 4.78 is 0. The minimum Gasteiger partial charge on any atom is -0.361 e. The standard InChI is InChI=1S/C23H25N3O3/c1-2-16-6-5-7-19-21(15-24-23(16)19)20(14-22(27)25-12-3-4-13-25)17-8-10-18(11-9-17)26(28)29/h5-11,15,20,24H,2-4,12-14H2,1H3. The van der Waals surface area contributed by atoms with Crippen molar-refractivity contribution in [1.29, 1.82) is 0 Å². The molecule has 0 aliphatic carbocycles. The van der Waals surface area contributed by atoms with Crippen LogP contribution in [0.1, 0.15) is 48.8 Å². The summed E-state index contributed by atoms with van der Waals surface area (Å²) in [5.74, 6) is -0.00314. The molecule has 1 aromatic heterocycles. The Kier molecular flexibility index (Phi) is 5.34. The van der Waals surface area contributed by atoms with Gasteiger partial charge in [0.25, 0.3) is 5.69 Å². The molecule has 0 saturated carbocycles. The number of hydrogen-bond donors (Lipinski definition) is 1. The molecule has 2 aromatic carbocycles. The first-order valence-electron chi connectivity index (χ1n) is 10.2. The summed E-state index contributed by atoms with van der Waals surface area (Å²) in [5, 5.41) is 12.2. The van der Waals surface area contributed by atoms with E-state index < -0.39 is 4.92 Å². The number of nitro groups is 1. The molecule has 6 nitrogen and oxygen atoms in total. The molecular formula is C23H25N3O3. The van der Waals surface area contributed by atoms with Gasteiger partial charge in [-0.1, -0.05) is 37.3 Å². The summed E-state index contributed by atoms with van der Waals surface area (Å²) in [5.41, 5.74) is 4.39. The zero-order valence-electron chi connectivity index (χ0n) is 16.6. The first-order valence-corrected chi connectivity index (χ1v) is 10.2. The van der Waals surface area contributed by atoms with Gasteiger partial charge in [-0.15, -0.1) is 0 Å². The van der Waals surface area contributed by atoms with Crippen LogP contribution in [0.15, 0.2) is 48.7 Å². The predicted octanol–water partition coefficient (Wildman–Crippen LogP) is 4.78. The maximum atomic E-state index is 13.0. The number of aromatic amines is 1. The molecule has 1 saturated heterocycles. The lowest BCUT2D eigenvalue weighted by Gasteiger charge is -2.21. The van der Waals surface area contributed by atoms with E-state index in [0.29, 0.717) is 6.42 Å². The second kappa shape index (κ2) is 8.07. The van der Waals surface area contributed by atoms with Crippen molar-refractivity contribution in [2.75, 3.05) is 13.1 Å². The summed E-state index contributed by atoms with van der Waals surface area (Å²) in [4.78, 5) is 29.0. The number of carbonyl (C=O) groups is 1. The molecule has 1 N–H and O–H groups in total. The third-order valence-corrected chi connectivity index (χ3v) is 5.93. The topological polar surface area (TPSA) is 79.2 Å². The van der Waals surface area contributed by atoms with Gasteiger partial charge in [0, 0.05) is 54.7 Å². The summed E-state index contributed by atoms with van der Waals surface area (Å²) in [7, 11) is 0. The number of likely N-dealkylation sites (tertiary alicyclic amines) is 1. The number of H-pyrrole nitrogens is 1. The largest absolute Gasteiger partial charge is 0.361 e. The van der Waals surface area contributed by atoms with Crippen molar-refractivity contribution in [3.8, 4) is 0 Å². The highest BCUT2D eigenvalue weighted by Crippen LogP contribution is 2.36. The summed E-state index contributed by atoms with van der Waals surface area (Å²) in [6, 6.07) is 12.8. The molecular weight excluding hydrogens is 366 g/mol. The van der Waals surface area contributed by atoms with E-state index in [4.69, 9.17) is 0 Å². The summed E-state index contributed by atoms with van der Waals surface area (Å²) >= 11 is 0. The fourth-order valence-corrected chi connectivity index (χ4v) is 4.33. The van der Waals surface area contributed by atoms with Gasteiger partial charge in [-0.3, -0.25) is 14.9 Å². The Morgan fingerprint density at radius 1 is 1.17 bits per heavy atom. The van der Waals surface area contributed by atoms with Gasteiger partial charge in [0.1, 0.15) is 0 Å². The van der Waals surface area contributed by atoms with Gasteiger partial charge in [-0.2, -0.15) is 0 Å². The van der Waals surface area contributed by atoms with E-state index in [-0.39, 0.29) is 17.5 Å². The maximum Gasteiger partial charge on any atom is 0.269 e. The van der Waals surface area contributed by atoms with Gasteiger partial charge in [0.15, 0.2) is 0 Å². The lowest BCUT2D eigenvalue weighted by Crippen LogP contribution is -2.29. The molecule has 1 amide bonds. The van der Waals surface area contributed by atoms with Crippen LogP contribution in [0.4, 0.5) is 5.69 Å². The van der Waals surface area contributed by atoms with E-state index in [0.717, 1.165) is 54.4 Å². The van der Waals surface area contributed by atoms with Crippen molar-refractivity contribution in [2.24, 2.45) is 0 Å². The Morgan fingerprint density at radius 3 is 2.55 bits per heavy atom. The van der Waals surface area contributed by atoms with Gasteiger partial charge in [0.2, 0.25) is 5.91 Å². The van der Waals surface area contributed by atoms with Crippen molar-refractivity contribution in [1.82, 2.24) is 9.88 Å². The van der Waals surface area contributed by atoms with Crippen LogP contribution in [-0.2, 0) is 11.2 Å². The van der Waals surface area contributed by atoms with Crippen molar-refractivity contribution < 1.29 is 9.72 Å². The normalized spacial score (nSPS) is 15.0. The maximum absolute atomic E-state index is 13.0. The number of carbonyl (C=O) groups excluding carboxylic acids is 1. The number of nitrogens with one attached hydrogen (secondary N) is 1. The number of nitro benzene ring substituents is 1. The van der Waals surface area contributed by atoms with E-state index >= 15 is 0 Å². The minimum absolute atomic E-state index is 0.0607. The van der Waals surface area contributed by atoms with E-state index in [1.165, 1.54) is 17.7 Å². The zero-order valence-corrected chi connectivity index (χ0v) is 16.6. The third kappa shape index (κ3) is 3.75. The highest BCUT2D eigenvalue weighted by Gasteiger charge is 2.26. The van der Waals surface area contributed by atoms with Crippen LogP contribution < -0.4 is 0 Å². The van der Waals surface area contributed by atoms with Crippen LogP contribution in [0.3, 0.4) is 0 Å². The molecule has 6 heteroatoms. The number of non-ortho nitro benzene ring substituents is 1. The number of nitrogens with zero attached hydrogens (tertiary/aromatic N) is 2. The van der Waals surface area contributed by atoms with Crippen LogP contribution >= 0.6 is 0 Å². The van der Waals surface area contributed by atoms with Crippen LogP contribution in [0.2, 0.25) is 0 Å². The lowest BCUT2D eigenvalue weighted by atomic mass is 9.87. The highest BCUT2D eigenvalue weighted by atomic mass is 16.6. The molecule has 1 unspecified atom stereocenters. The Bertz CT molecular complexity index is 1030. The van der Waals surface area contributed by atoms with E-state index in [9.17, 15) is 14.9 Å². The second-order valence-corrected chi connectivity index (χ2v) is 7.63. The van der Waals surface area contributed by atoms with Gasteiger partial charge >= 0.3 is 0 Å². The van der Waals surface area contributed by atoms with Crippen LogP contribution in [0.5, 0.6) is 0 Å². The number of aromatic nitrogens is 1. The second-order valence-electron chi connectivity index (χ2n) is 7.63. The van der Waals surface area contributed by atoms with E-state index in [1.807, 2.05) is 17.2 Å². The molecule has 1 aliphatic rings. The molecule has 1 aliphatic heterocycles. The van der Waals surface area contributed by atoms with Gasteiger partial charge in [-0.25, -0.2) is 0 Å². The molecule has 0 spiro atoms. The van der Waals surface area contributed by atoms with Crippen LogP contribution in [0, 0.1) is 10.1 Å². The minimum atomic E-state index is -0.395. The molecule has 0 bridgehead atoms. The zero-order chi connectivity index (χ0) is 20.4. The van der Waals surface area contributed by atoms with Crippen LogP contribution in [0.25, 0.3) is 10.9 Å². The molecule has 150 valence electrons. The highest BCUT2D eigenvalue weighted by molar-refractivity contribution is 5.88. The van der Waals surface area contributed by atoms with Crippen molar-refractivity contribution in [2.45, 2.75) is 38.5 Å². The number of benzene rings is 2. The Balaban J connectivity index is 1.75. The van der Waals surface area contributed by atoms with E-state index in [2.05, 4.69) is 24.0 Å². The SMILES string of the molecule is CCc1cccc2c(C(CC(=O)N3CCCC3)c3ccc([N+](=O)[O-])cc3)c[nH]c12. The molecule has 29 heavy (non-hydrogen) atoms. The molecule has 1 fully saturated rings. The molecule has 3 aromatic rings. The Morgan fingerprint density at radius 2 is 1.90 bits per heavy atom. The molecule has 1 atom stereocenters. The van der Waals surface area contributed by atoms with E-state index in [1.54, 1.807) is 12.1 Å². The van der Waals surface area contributed by atoms with Crippen molar-refractivity contribution >= 4 is 22.5 Å². The van der Waals surface area contributed by atoms with Gasteiger partial charge in [0.05, 0.1) is 4.92 Å². The van der Waals surface area contributed by atoms with Gasteiger partial charge in [-0.05, 0) is 36.0 Å². The Hall–Kier alpha value is -3.15. The smallest absolute Gasteiger partial charge is 0.269 e. The summed E-state index contributed by atoms with van der Waals surface area (Å²) in [6.07, 6.45) is 5.39. The molecule has 0 radical (unpaired) electrons. The predicted molar refractivity (Wildman–Crippen MR) is 113 cm³/mol. The number of fused-ring (bicyclic) bond motifs is 1. The number of rotatable bonds is 6. The number of para-hydroxylation sites is 1. The molecule has 4 rings (SSSR count). The fourth-order valence-electron chi connectivity index (χ4n) is 4.33. The monoisotopic (exact) mass is 391 g/mol. The van der Waals surface area contributed by atoms with Gasteiger partial charge < -0.3 is 9.88 Å². The fraction of sp³-hybridized carbons (Fsp3) is 0.348. The molecule has 2 heterocycles. The number of amides is 1. The average molecular weight is 391 g/mol. The quantitative estimate of drug-likeness (QED) is 0.485. The Labute approximate surface area is 169 Å². The first kappa shape index (κ1) is 19.2. The van der Waals surface area contributed by atoms with Crippen molar-refractivity contribution in [3.05, 3.63) is 75.5 Å². The average Bonchev–Trinajstić information content (AvgIpc) is 3.42.